The molecular weight excluding hydrogens is 360 g/mol. The van der Waals surface area contributed by atoms with Gasteiger partial charge in [-0.05, 0) is 18.9 Å². The lowest BCUT2D eigenvalue weighted by atomic mass is 10.2. The zero-order chi connectivity index (χ0) is 17.6. The number of nitrogens with one attached hydrogen (secondary N) is 1. The molecule has 1 aliphatic heterocycles. The van der Waals surface area contributed by atoms with E-state index < -0.39 is 0 Å². The molecule has 0 atom stereocenters. The second-order valence-electron chi connectivity index (χ2n) is 6.02. The number of likely N-dealkylation sites (tertiary alicyclic amines) is 1. The number of rotatable bonds is 5. The van der Waals surface area contributed by atoms with Crippen molar-refractivity contribution in [2.45, 2.75) is 38.8 Å². The fourth-order valence-electron chi connectivity index (χ4n) is 2.77. The van der Waals surface area contributed by atoms with Crippen LogP contribution in [0.5, 0.6) is 0 Å². The van der Waals surface area contributed by atoms with Crippen LogP contribution in [0.2, 0.25) is 0 Å². The van der Waals surface area contributed by atoms with E-state index in [9.17, 15) is 9.59 Å². The first-order valence-electron chi connectivity index (χ1n) is 8.42. The van der Waals surface area contributed by atoms with Crippen molar-refractivity contribution < 1.29 is 14.0 Å². The highest BCUT2D eigenvalue weighted by Gasteiger charge is 2.17. The fourth-order valence-corrected chi connectivity index (χ4v) is 2.77. The van der Waals surface area contributed by atoms with Gasteiger partial charge in [0.2, 0.25) is 11.9 Å². The molecule has 26 heavy (non-hydrogen) atoms. The number of halogens is 1. The number of hydrogen-bond acceptors (Lipinski definition) is 6. The van der Waals surface area contributed by atoms with Crippen molar-refractivity contribution in [1.29, 1.82) is 0 Å². The Bertz CT molecular complexity index is 736. The molecule has 0 unspecified atom stereocenters. The van der Waals surface area contributed by atoms with Crippen molar-refractivity contribution in [3.8, 4) is 0 Å². The van der Waals surface area contributed by atoms with Crippen molar-refractivity contribution in [3.05, 3.63) is 30.0 Å². The summed E-state index contributed by atoms with van der Waals surface area (Å²) in [6.07, 6.45) is 7.19. The molecule has 0 radical (unpaired) electrons. The van der Waals surface area contributed by atoms with E-state index in [2.05, 4.69) is 15.4 Å². The average Bonchev–Trinajstić information content (AvgIpc) is 3.17. The van der Waals surface area contributed by atoms with E-state index in [0.29, 0.717) is 11.3 Å². The molecule has 0 bridgehead atoms. The Hall–Kier alpha value is -2.39. The molecule has 9 nitrogen and oxygen atoms in total. The van der Waals surface area contributed by atoms with Crippen LogP contribution < -0.4 is 11.1 Å². The molecular formula is C16H23ClN6O3. The van der Waals surface area contributed by atoms with Crippen LogP contribution in [0.3, 0.4) is 0 Å². The van der Waals surface area contributed by atoms with Crippen molar-refractivity contribution in [1.82, 2.24) is 19.7 Å². The average molecular weight is 383 g/mol. The summed E-state index contributed by atoms with van der Waals surface area (Å²) >= 11 is 0. The fraction of sp³-hybridized carbons (Fsp3) is 0.500. The van der Waals surface area contributed by atoms with Gasteiger partial charge in [-0.2, -0.15) is 0 Å². The van der Waals surface area contributed by atoms with Crippen LogP contribution >= 0.6 is 12.4 Å². The first-order valence-corrected chi connectivity index (χ1v) is 8.42. The van der Waals surface area contributed by atoms with Crippen LogP contribution in [-0.4, -0.2) is 44.6 Å². The molecule has 1 fully saturated rings. The quantitative estimate of drug-likeness (QED) is 0.806. The monoisotopic (exact) mass is 382 g/mol. The van der Waals surface area contributed by atoms with Crippen LogP contribution in [0.4, 0.5) is 5.95 Å². The lowest BCUT2D eigenvalue weighted by molar-refractivity contribution is -0.132. The minimum absolute atomic E-state index is 0. The maximum atomic E-state index is 12.3. The van der Waals surface area contributed by atoms with Gasteiger partial charge in [0.05, 0.1) is 12.1 Å². The van der Waals surface area contributed by atoms with E-state index in [1.54, 1.807) is 6.07 Å². The molecule has 2 aromatic heterocycles. The molecule has 0 saturated carbocycles. The van der Waals surface area contributed by atoms with Gasteiger partial charge in [-0.3, -0.25) is 14.9 Å². The smallest absolute Gasteiger partial charge is 0.261 e. The van der Waals surface area contributed by atoms with E-state index in [-0.39, 0.29) is 43.3 Å². The molecule has 3 N–H and O–H groups in total. The van der Waals surface area contributed by atoms with E-state index in [0.717, 1.165) is 25.9 Å². The minimum Gasteiger partial charge on any atom is -0.467 e. The third kappa shape index (κ3) is 5.06. The van der Waals surface area contributed by atoms with Gasteiger partial charge in [-0.25, -0.2) is 9.67 Å². The van der Waals surface area contributed by atoms with Crippen molar-refractivity contribution in [2.75, 3.05) is 18.4 Å². The zero-order valence-corrected chi connectivity index (χ0v) is 15.2. The van der Waals surface area contributed by atoms with Gasteiger partial charge in [-0.15, -0.1) is 17.5 Å². The standard InChI is InChI=1S/C16H22N6O3.ClH/c17-8-13-7-12(10-25-13)15(24)19-16-18-11-22(20-16)9-14(23)21-5-3-1-2-4-6-21;/h7,10-11H,1-6,8-9,17H2,(H,19,20,24);1H. The summed E-state index contributed by atoms with van der Waals surface area (Å²) in [5.74, 6) is 0.294. The number of nitrogens with zero attached hydrogens (tertiary/aromatic N) is 4. The Morgan fingerprint density at radius 2 is 1.96 bits per heavy atom. The first kappa shape index (κ1) is 19.9. The number of carbonyl (C=O) groups is 2. The van der Waals surface area contributed by atoms with Crippen LogP contribution in [0.25, 0.3) is 0 Å². The summed E-state index contributed by atoms with van der Waals surface area (Å²) < 4.78 is 6.56. The molecule has 3 heterocycles. The van der Waals surface area contributed by atoms with Gasteiger partial charge in [0.25, 0.3) is 5.91 Å². The number of furan rings is 1. The third-order valence-corrected chi connectivity index (χ3v) is 4.13. The summed E-state index contributed by atoms with van der Waals surface area (Å²) in [6, 6.07) is 1.56. The first-order chi connectivity index (χ1) is 12.2. The SMILES string of the molecule is Cl.NCc1cc(C(=O)Nc2ncn(CC(=O)N3CCCCCC3)n2)co1. The maximum absolute atomic E-state index is 12.3. The Morgan fingerprint density at radius 3 is 2.62 bits per heavy atom. The summed E-state index contributed by atoms with van der Waals surface area (Å²) in [6.45, 7) is 1.92. The lowest BCUT2D eigenvalue weighted by Gasteiger charge is -2.19. The second kappa shape index (κ2) is 9.35. The summed E-state index contributed by atoms with van der Waals surface area (Å²) in [5.41, 5.74) is 5.79. The highest BCUT2D eigenvalue weighted by molar-refractivity contribution is 6.03. The Kier molecular flexibility index (Phi) is 7.16. The van der Waals surface area contributed by atoms with Crippen molar-refractivity contribution in [2.24, 2.45) is 5.73 Å². The Balaban J connectivity index is 0.00000243. The largest absolute Gasteiger partial charge is 0.467 e. The molecule has 0 spiro atoms. The Labute approximate surface area is 157 Å². The molecule has 2 amide bonds. The van der Waals surface area contributed by atoms with Gasteiger partial charge in [0.15, 0.2) is 0 Å². The lowest BCUT2D eigenvalue weighted by Crippen LogP contribution is -2.34. The highest BCUT2D eigenvalue weighted by Crippen LogP contribution is 2.11. The van der Waals surface area contributed by atoms with Crippen LogP contribution in [0.15, 0.2) is 23.1 Å². The van der Waals surface area contributed by atoms with Crippen LogP contribution in [0.1, 0.15) is 41.8 Å². The predicted molar refractivity (Wildman–Crippen MR) is 96.9 cm³/mol. The maximum Gasteiger partial charge on any atom is 0.261 e. The molecule has 1 aliphatic rings. The van der Waals surface area contributed by atoms with E-state index in [1.165, 1.54) is 30.1 Å². The van der Waals surface area contributed by atoms with E-state index in [4.69, 9.17) is 10.2 Å². The number of carbonyl (C=O) groups excluding carboxylic acids is 2. The van der Waals surface area contributed by atoms with Crippen molar-refractivity contribution in [3.63, 3.8) is 0 Å². The number of aromatic nitrogens is 3. The molecule has 0 aromatic carbocycles. The number of nitrogens with two attached hydrogens (primary N) is 1. The molecule has 142 valence electrons. The highest BCUT2D eigenvalue weighted by atomic mass is 35.5. The summed E-state index contributed by atoms with van der Waals surface area (Å²) in [5, 5.41) is 6.70. The van der Waals surface area contributed by atoms with Gasteiger partial charge in [0.1, 0.15) is 24.9 Å². The summed E-state index contributed by atoms with van der Waals surface area (Å²) in [7, 11) is 0. The van der Waals surface area contributed by atoms with Crippen LogP contribution in [-0.2, 0) is 17.9 Å². The molecule has 3 rings (SSSR count). The van der Waals surface area contributed by atoms with E-state index >= 15 is 0 Å². The Morgan fingerprint density at radius 1 is 1.23 bits per heavy atom. The van der Waals surface area contributed by atoms with Gasteiger partial charge in [0, 0.05) is 13.1 Å². The number of hydrogen-bond donors (Lipinski definition) is 2. The van der Waals surface area contributed by atoms with Crippen LogP contribution in [0, 0.1) is 0 Å². The topological polar surface area (TPSA) is 119 Å². The molecule has 0 aliphatic carbocycles. The second-order valence-corrected chi connectivity index (χ2v) is 6.02. The molecule has 2 aromatic rings. The van der Waals surface area contributed by atoms with E-state index in [1.807, 2.05) is 4.90 Å². The number of anilines is 1. The zero-order valence-electron chi connectivity index (χ0n) is 14.4. The van der Waals surface area contributed by atoms with Gasteiger partial charge < -0.3 is 15.1 Å². The normalized spacial score (nSPS) is 14.4. The number of amides is 2. The van der Waals surface area contributed by atoms with Gasteiger partial charge >= 0.3 is 0 Å². The summed E-state index contributed by atoms with van der Waals surface area (Å²) in [4.78, 5) is 30.3. The molecule has 1 saturated heterocycles. The van der Waals surface area contributed by atoms with Crippen molar-refractivity contribution >= 4 is 30.2 Å². The molecule has 10 heteroatoms. The minimum atomic E-state index is -0.389. The predicted octanol–water partition coefficient (Wildman–Crippen LogP) is 1.41. The third-order valence-electron chi connectivity index (χ3n) is 4.13. The van der Waals surface area contributed by atoms with Gasteiger partial charge in [-0.1, -0.05) is 12.8 Å².